The number of carbonyl (C=O) groups is 1. The zero-order valence-electron chi connectivity index (χ0n) is 17.6. The number of carbonyl (C=O) groups excluding carboxylic acids is 1. The Hall–Kier alpha value is -1.95. The Kier molecular flexibility index (Phi) is 8.90. The topological polar surface area (TPSA) is 64.8 Å². The molecule has 0 aliphatic rings. The molecular formula is C23H34N2O3. The maximum atomic E-state index is 13.1. The van der Waals surface area contributed by atoms with Crippen LogP contribution in [0.1, 0.15) is 39.7 Å². The van der Waals surface area contributed by atoms with Crippen molar-refractivity contribution in [3.8, 4) is 0 Å². The molecule has 5 nitrogen and oxygen atoms in total. The molecule has 0 fully saturated rings. The first-order valence-electron chi connectivity index (χ1n) is 10.2. The molecule has 0 bridgehead atoms. The highest BCUT2D eigenvalue weighted by molar-refractivity contribution is 5.84. The summed E-state index contributed by atoms with van der Waals surface area (Å²) in [5, 5.41) is 2.34. The third kappa shape index (κ3) is 6.59. The van der Waals surface area contributed by atoms with Crippen LogP contribution in [0.4, 0.5) is 0 Å². The molecule has 2 N–H and O–H groups in total. The van der Waals surface area contributed by atoms with Gasteiger partial charge in [0, 0.05) is 19.8 Å². The first-order valence-corrected chi connectivity index (χ1v) is 10.2. The third-order valence-corrected chi connectivity index (χ3v) is 4.62. The van der Waals surface area contributed by atoms with Gasteiger partial charge in [0.2, 0.25) is 5.91 Å². The van der Waals surface area contributed by atoms with E-state index in [1.54, 1.807) is 4.90 Å². The number of ether oxygens (including phenoxy) is 2. The fourth-order valence-corrected chi connectivity index (χ4v) is 3.34. The normalized spacial score (nSPS) is 12.7. The summed E-state index contributed by atoms with van der Waals surface area (Å²) in [7, 11) is 0. The minimum absolute atomic E-state index is 0.0636. The van der Waals surface area contributed by atoms with Gasteiger partial charge in [-0.2, -0.15) is 0 Å². The van der Waals surface area contributed by atoms with Crippen LogP contribution in [0, 0.1) is 5.92 Å². The van der Waals surface area contributed by atoms with E-state index < -0.39 is 12.3 Å². The Morgan fingerprint density at radius 1 is 1.04 bits per heavy atom. The Balaban J connectivity index is 2.23. The number of hydrogen-bond acceptors (Lipinski definition) is 4. The lowest BCUT2D eigenvalue weighted by Crippen LogP contribution is -2.47. The second-order valence-electron chi connectivity index (χ2n) is 7.48. The highest BCUT2D eigenvalue weighted by atomic mass is 16.7. The predicted octanol–water partition coefficient (Wildman–Crippen LogP) is 3.94. The van der Waals surface area contributed by atoms with Crippen LogP contribution in [0.15, 0.2) is 42.5 Å². The second kappa shape index (κ2) is 11.1. The Morgan fingerprint density at radius 2 is 1.68 bits per heavy atom. The van der Waals surface area contributed by atoms with Crippen LogP contribution < -0.4 is 5.73 Å². The molecule has 28 heavy (non-hydrogen) atoms. The number of rotatable bonds is 11. The highest BCUT2D eigenvalue weighted by Crippen LogP contribution is 2.18. The minimum atomic E-state index is -0.524. The van der Waals surface area contributed by atoms with E-state index in [-0.39, 0.29) is 5.91 Å². The summed E-state index contributed by atoms with van der Waals surface area (Å²) in [5.74, 6) is 0.294. The van der Waals surface area contributed by atoms with Crippen LogP contribution in [0.2, 0.25) is 0 Å². The quantitative estimate of drug-likeness (QED) is 0.594. The van der Waals surface area contributed by atoms with Gasteiger partial charge in [-0.3, -0.25) is 4.79 Å². The number of hydrogen-bond donors (Lipinski definition) is 1. The van der Waals surface area contributed by atoms with E-state index in [4.69, 9.17) is 15.2 Å². The lowest BCUT2D eigenvalue weighted by Gasteiger charge is -2.30. The first-order chi connectivity index (χ1) is 13.4. The smallest absolute Gasteiger partial charge is 0.239 e. The van der Waals surface area contributed by atoms with Crippen molar-refractivity contribution in [3.05, 3.63) is 48.0 Å². The molecular weight excluding hydrogens is 352 g/mol. The molecule has 2 rings (SSSR count). The summed E-state index contributed by atoms with van der Waals surface area (Å²) in [4.78, 5) is 14.9. The number of nitrogens with zero attached hydrogens (tertiary/aromatic N) is 1. The van der Waals surface area contributed by atoms with E-state index in [2.05, 4.69) is 44.2 Å². The lowest BCUT2D eigenvalue weighted by atomic mass is 10.0. The summed E-state index contributed by atoms with van der Waals surface area (Å²) in [6, 6.07) is 14.0. The molecule has 1 atom stereocenters. The minimum Gasteiger partial charge on any atom is -0.351 e. The highest BCUT2D eigenvalue weighted by Gasteiger charge is 2.25. The molecule has 0 heterocycles. The molecule has 2 aromatic rings. The van der Waals surface area contributed by atoms with Gasteiger partial charge in [-0.15, -0.1) is 0 Å². The van der Waals surface area contributed by atoms with Crippen LogP contribution in [0.3, 0.4) is 0 Å². The zero-order valence-corrected chi connectivity index (χ0v) is 17.6. The standard InChI is InChI=1S/C23H34N2O3/c1-5-27-22(28-6-2)16-25(23(26)21(24)13-17(3)4)15-18-11-12-19-9-7-8-10-20(19)14-18/h7-12,14,17,21-22H,5-6,13,15-16,24H2,1-4H3. The molecule has 0 spiro atoms. The number of nitrogens with two attached hydrogens (primary N) is 1. The summed E-state index contributed by atoms with van der Waals surface area (Å²) < 4.78 is 11.3. The van der Waals surface area contributed by atoms with Crippen molar-refractivity contribution in [2.24, 2.45) is 11.7 Å². The molecule has 1 amide bonds. The molecule has 0 aromatic heterocycles. The van der Waals surface area contributed by atoms with Crippen molar-refractivity contribution in [1.82, 2.24) is 4.90 Å². The van der Waals surface area contributed by atoms with Crippen molar-refractivity contribution in [3.63, 3.8) is 0 Å². The van der Waals surface area contributed by atoms with Crippen LogP contribution in [0.5, 0.6) is 0 Å². The molecule has 0 radical (unpaired) electrons. The Bertz CT molecular complexity index is 741. The van der Waals surface area contributed by atoms with Gasteiger partial charge in [0.25, 0.3) is 0 Å². The molecule has 0 saturated carbocycles. The van der Waals surface area contributed by atoms with Crippen LogP contribution in [-0.4, -0.2) is 42.9 Å². The lowest BCUT2D eigenvalue weighted by molar-refractivity contribution is -0.160. The van der Waals surface area contributed by atoms with E-state index in [1.807, 2.05) is 26.0 Å². The molecule has 0 saturated heterocycles. The van der Waals surface area contributed by atoms with Crippen molar-refractivity contribution in [2.45, 2.75) is 53.0 Å². The molecule has 2 aromatic carbocycles. The number of benzene rings is 2. The van der Waals surface area contributed by atoms with Gasteiger partial charge in [0.15, 0.2) is 6.29 Å². The van der Waals surface area contributed by atoms with Gasteiger partial charge in [-0.25, -0.2) is 0 Å². The maximum Gasteiger partial charge on any atom is 0.239 e. The van der Waals surface area contributed by atoms with E-state index in [1.165, 1.54) is 5.39 Å². The van der Waals surface area contributed by atoms with E-state index >= 15 is 0 Å². The Morgan fingerprint density at radius 3 is 2.29 bits per heavy atom. The summed E-state index contributed by atoms with van der Waals surface area (Å²) in [6.07, 6.45) is 0.201. The Labute approximate surface area is 168 Å². The zero-order chi connectivity index (χ0) is 20.5. The van der Waals surface area contributed by atoms with Crippen LogP contribution in [-0.2, 0) is 20.8 Å². The summed E-state index contributed by atoms with van der Waals surface area (Å²) >= 11 is 0. The summed E-state index contributed by atoms with van der Waals surface area (Å²) in [5.41, 5.74) is 7.28. The molecule has 5 heteroatoms. The van der Waals surface area contributed by atoms with Crippen molar-refractivity contribution in [2.75, 3.05) is 19.8 Å². The summed E-state index contributed by atoms with van der Waals surface area (Å²) in [6.45, 7) is 9.89. The van der Waals surface area contributed by atoms with Gasteiger partial charge < -0.3 is 20.1 Å². The van der Waals surface area contributed by atoms with Crippen molar-refractivity contribution >= 4 is 16.7 Å². The number of fused-ring (bicyclic) bond motifs is 1. The second-order valence-corrected chi connectivity index (χ2v) is 7.48. The van der Waals surface area contributed by atoms with Crippen molar-refractivity contribution < 1.29 is 14.3 Å². The maximum absolute atomic E-state index is 13.1. The van der Waals surface area contributed by atoms with Crippen molar-refractivity contribution in [1.29, 1.82) is 0 Å². The van der Waals surface area contributed by atoms with Crippen LogP contribution in [0.25, 0.3) is 10.8 Å². The monoisotopic (exact) mass is 386 g/mol. The molecule has 0 aliphatic carbocycles. The van der Waals surface area contributed by atoms with Gasteiger partial charge >= 0.3 is 0 Å². The van der Waals surface area contributed by atoms with E-state index in [0.717, 1.165) is 10.9 Å². The fraction of sp³-hybridized carbons (Fsp3) is 0.522. The fourth-order valence-electron chi connectivity index (χ4n) is 3.34. The van der Waals surface area contributed by atoms with E-state index in [0.29, 0.717) is 38.6 Å². The predicted molar refractivity (Wildman–Crippen MR) is 114 cm³/mol. The van der Waals surface area contributed by atoms with Crippen LogP contribution >= 0.6 is 0 Å². The van der Waals surface area contributed by atoms with Gasteiger partial charge in [0.1, 0.15) is 0 Å². The van der Waals surface area contributed by atoms with Gasteiger partial charge in [-0.1, -0.05) is 50.2 Å². The average Bonchev–Trinajstić information content (AvgIpc) is 2.66. The largest absolute Gasteiger partial charge is 0.351 e. The van der Waals surface area contributed by atoms with Gasteiger partial charge in [0.05, 0.1) is 12.6 Å². The third-order valence-electron chi connectivity index (χ3n) is 4.62. The molecule has 154 valence electrons. The SMILES string of the molecule is CCOC(CN(Cc1ccc2ccccc2c1)C(=O)C(N)CC(C)C)OCC. The first kappa shape index (κ1) is 22.3. The van der Waals surface area contributed by atoms with Gasteiger partial charge in [-0.05, 0) is 48.6 Å². The van der Waals surface area contributed by atoms with E-state index in [9.17, 15) is 4.79 Å². The number of amides is 1. The average molecular weight is 387 g/mol. The molecule has 0 aliphatic heterocycles. The molecule has 1 unspecified atom stereocenters.